The molecule has 0 atom stereocenters. The Labute approximate surface area is 183 Å². The van der Waals surface area contributed by atoms with Gasteiger partial charge in [-0.15, -0.1) is 0 Å². The molecule has 33 heavy (non-hydrogen) atoms. The minimum absolute atomic E-state index is 0.0576. The van der Waals surface area contributed by atoms with Crippen molar-refractivity contribution >= 4 is 16.7 Å². The standard InChI is InChI=1S/C24H13F6N3/c25-23(26,27)18-12-20(24(28,29)30)32-22-17(18)11-16(14-7-3-1-4-8-14)21-31-13-19(33(21)22)15-9-5-2-6-10-15/h1-13H. The highest BCUT2D eigenvalue weighted by Gasteiger charge is 2.40. The zero-order valence-corrected chi connectivity index (χ0v) is 16.6. The van der Waals surface area contributed by atoms with E-state index in [1.807, 2.05) is 0 Å². The van der Waals surface area contributed by atoms with Gasteiger partial charge in [-0.2, -0.15) is 26.3 Å². The highest BCUT2D eigenvalue weighted by Crippen LogP contribution is 2.41. The summed E-state index contributed by atoms with van der Waals surface area (Å²) in [5.41, 5.74) is -1.48. The number of alkyl halides is 6. The molecule has 0 aliphatic heterocycles. The van der Waals surface area contributed by atoms with Crippen LogP contribution in [-0.4, -0.2) is 14.4 Å². The molecule has 0 saturated carbocycles. The number of nitrogens with zero attached hydrogens (tertiary/aromatic N) is 3. The lowest BCUT2D eigenvalue weighted by Crippen LogP contribution is -2.15. The molecular weight excluding hydrogens is 444 g/mol. The predicted octanol–water partition coefficient (Wildman–Crippen LogP) is 7.25. The summed E-state index contributed by atoms with van der Waals surface area (Å²) in [4.78, 5) is 8.01. The second-order valence-corrected chi connectivity index (χ2v) is 7.38. The van der Waals surface area contributed by atoms with Crippen LogP contribution in [0.15, 0.2) is 79.0 Å². The van der Waals surface area contributed by atoms with E-state index in [9.17, 15) is 26.3 Å². The molecule has 0 unspecified atom stereocenters. The average molecular weight is 457 g/mol. The molecule has 5 aromatic rings. The van der Waals surface area contributed by atoms with E-state index in [2.05, 4.69) is 9.97 Å². The second-order valence-electron chi connectivity index (χ2n) is 7.38. The van der Waals surface area contributed by atoms with E-state index < -0.39 is 34.6 Å². The van der Waals surface area contributed by atoms with Crippen LogP contribution in [0, 0.1) is 0 Å². The summed E-state index contributed by atoms with van der Waals surface area (Å²) in [7, 11) is 0. The summed E-state index contributed by atoms with van der Waals surface area (Å²) in [6.45, 7) is 0. The minimum Gasteiger partial charge on any atom is -0.276 e. The third kappa shape index (κ3) is 3.59. The summed E-state index contributed by atoms with van der Waals surface area (Å²) in [6, 6.07) is 18.4. The first-order valence-corrected chi connectivity index (χ1v) is 9.75. The molecule has 0 N–H and O–H groups in total. The van der Waals surface area contributed by atoms with Crippen LogP contribution in [0.2, 0.25) is 0 Å². The van der Waals surface area contributed by atoms with E-state index in [4.69, 9.17) is 0 Å². The zero-order valence-electron chi connectivity index (χ0n) is 16.6. The van der Waals surface area contributed by atoms with Crippen molar-refractivity contribution in [3.8, 4) is 22.4 Å². The maximum Gasteiger partial charge on any atom is 0.433 e. The Balaban J connectivity index is 2.01. The van der Waals surface area contributed by atoms with Gasteiger partial charge >= 0.3 is 12.4 Å². The third-order valence-corrected chi connectivity index (χ3v) is 5.29. The number of rotatable bonds is 2. The van der Waals surface area contributed by atoms with E-state index in [1.165, 1.54) is 16.7 Å². The average Bonchev–Trinajstić information content (AvgIpc) is 3.23. The van der Waals surface area contributed by atoms with Crippen LogP contribution in [0.4, 0.5) is 26.3 Å². The molecule has 0 aliphatic rings. The fraction of sp³-hybridized carbons (Fsp3) is 0.0833. The van der Waals surface area contributed by atoms with Crippen LogP contribution in [0.3, 0.4) is 0 Å². The number of benzene rings is 2. The highest BCUT2D eigenvalue weighted by molar-refractivity contribution is 5.94. The SMILES string of the molecule is FC(F)(F)c1cc(C(F)(F)F)c2cc(-c3ccccc3)c3ncc(-c4ccccc4)n3c2n1. The van der Waals surface area contributed by atoms with Crippen molar-refractivity contribution in [2.45, 2.75) is 12.4 Å². The smallest absolute Gasteiger partial charge is 0.276 e. The summed E-state index contributed by atoms with van der Waals surface area (Å²) >= 11 is 0. The summed E-state index contributed by atoms with van der Waals surface area (Å²) in [5, 5.41) is -0.447. The first-order chi connectivity index (χ1) is 15.6. The van der Waals surface area contributed by atoms with Gasteiger partial charge in [-0.25, -0.2) is 9.97 Å². The van der Waals surface area contributed by atoms with Crippen molar-refractivity contribution in [3.05, 3.63) is 90.3 Å². The molecule has 3 aromatic heterocycles. The number of imidazole rings is 1. The Hall–Kier alpha value is -3.88. The van der Waals surface area contributed by atoms with Crippen molar-refractivity contribution in [3.63, 3.8) is 0 Å². The first-order valence-electron chi connectivity index (χ1n) is 9.75. The molecule has 2 aromatic carbocycles. The maximum atomic E-state index is 13.9. The molecule has 0 bridgehead atoms. The minimum atomic E-state index is -5.06. The Morgan fingerprint density at radius 2 is 1.27 bits per heavy atom. The van der Waals surface area contributed by atoms with Gasteiger partial charge < -0.3 is 0 Å². The molecule has 3 nitrogen and oxygen atoms in total. The molecule has 0 amide bonds. The molecule has 9 heteroatoms. The molecule has 5 rings (SSSR count). The summed E-state index contributed by atoms with van der Waals surface area (Å²) < 4.78 is 83.7. The largest absolute Gasteiger partial charge is 0.433 e. The van der Waals surface area contributed by atoms with Crippen LogP contribution in [-0.2, 0) is 12.4 Å². The molecule has 0 spiro atoms. The van der Waals surface area contributed by atoms with Crippen molar-refractivity contribution < 1.29 is 26.3 Å². The van der Waals surface area contributed by atoms with Crippen molar-refractivity contribution in [1.82, 2.24) is 14.4 Å². The highest BCUT2D eigenvalue weighted by atomic mass is 19.4. The number of fused-ring (bicyclic) bond motifs is 3. The Kier molecular flexibility index (Phi) is 4.66. The van der Waals surface area contributed by atoms with Gasteiger partial charge in [-0.05, 0) is 17.7 Å². The lowest BCUT2D eigenvalue weighted by Gasteiger charge is -2.17. The summed E-state index contributed by atoms with van der Waals surface area (Å²) in [5.74, 6) is 0. The van der Waals surface area contributed by atoms with Gasteiger partial charge in [0.05, 0.1) is 17.5 Å². The van der Waals surface area contributed by atoms with Crippen LogP contribution < -0.4 is 0 Å². The molecule has 166 valence electrons. The van der Waals surface area contributed by atoms with Gasteiger partial charge in [0.15, 0.2) is 0 Å². The second kappa shape index (κ2) is 7.33. The van der Waals surface area contributed by atoms with E-state index in [0.717, 1.165) is 0 Å². The normalized spacial score (nSPS) is 12.5. The van der Waals surface area contributed by atoms with Crippen molar-refractivity contribution in [2.75, 3.05) is 0 Å². The number of pyridine rings is 2. The van der Waals surface area contributed by atoms with Gasteiger partial charge in [0.25, 0.3) is 0 Å². The zero-order chi connectivity index (χ0) is 23.4. The molecule has 0 saturated heterocycles. The van der Waals surface area contributed by atoms with Crippen molar-refractivity contribution in [1.29, 1.82) is 0 Å². The fourth-order valence-electron chi connectivity index (χ4n) is 3.84. The monoisotopic (exact) mass is 457 g/mol. The third-order valence-electron chi connectivity index (χ3n) is 5.29. The Morgan fingerprint density at radius 3 is 1.85 bits per heavy atom. The van der Waals surface area contributed by atoms with Crippen LogP contribution in [0.1, 0.15) is 11.3 Å². The molecule has 0 radical (unpaired) electrons. The van der Waals surface area contributed by atoms with E-state index in [-0.39, 0.29) is 11.7 Å². The van der Waals surface area contributed by atoms with E-state index in [1.54, 1.807) is 60.7 Å². The number of hydrogen-bond acceptors (Lipinski definition) is 2. The first kappa shape index (κ1) is 21.0. The van der Waals surface area contributed by atoms with Gasteiger partial charge in [-0.3, -0.25) is 4.40 Å². The van der Waals surface area contributed by atoms with Crippen molar-refractivity contribution in [2.24, 2.45) is 0 Å². The topological polar surface area (TPSA) is 30.2 Å². The van der Waals surface area contributed by atoms with Gasteiger partial charge in [0.1, 0.15) is 17.0 Å². The Bertz CT molecular complexity index is 1470. The molecular formula is C24H13F6N3. The number of hydrogen-bond donors (Lipinski definition) is 0. The van der Waals surface area contributed by atoms with Crippen LogP contribution >= 0.6 is 0 Å². The molecule has 3 heterocycles. The fourth-order valence-corrected chi connectivity index (χ4v) is 3.84. The van der Waals surface area contributed by atoms with Gasteiger partial charge in [0.2, 0.25) is 0 Å². The number of aromatic nitrogens is 3. The van der Waals surface area contributed by atoms with Crippen LogP contribution in [0.25, 0.3) is 39.1 Å². The van der Waals surface area contributed by atoms with Gasteiger partial charge in [-0.1, -0.05) is 60.7 Å². The molecule has 0 aliphatic carbocycles. The lowest BCUT2D eigenvalue weighted by molar-refractivity contribution is -0.144. The van der Waals surface area contributed by atoms with Gasteiger partial charge in [0, 0.05) is 16.5 Å². The lowest BCUT2D eigenvalue weighted by atomic mass is 10.0. The van der Waals surface area contributed by atoms with E-state index >= 15 is 0 Å². The van der Waals surface area contributed by atoms with Crippen LogP contribution in [0.5, 0.6) is 0 Å². The maximum absolute atomic E-state index is 13.9. The Morgan fingerprint density at radius 1 is 0.667 bits per heavy atom. The molecule has 0 fully saturated rings. The number of halogens is 6. The summed E-state index contributed by atoms with van der Waals surface area (Å²) in [6.07, 6.45) is -8.67. The van der Waals surface area contributed by atoms with E-state index in [0.29, 0.717) is 22.4 Å². The quantitative estimate of drug-likeness (QED) is 0.261. The predicted molar refractivity (Wildman–Crippen MR) is 111 cm³/mol.